The predicted octanol–water partition coefficient (Wildman–Crippen LogP) is 7.30. The largest absolute Gasteiger partial charge is 0.378 e. The molecule has 0 bridgehead atoms. The van der Waals surface area contributed by atoms with Crippen molar-refractivity contribution in [1.82, 2.24) is 0 Å². The first-order valence-electron chi connectivity index (χ1n) is 11.9. The molecule has 32 heavy (non-hydrogen) atoms. The average molecular weight is 439 g/mol. The molecule has 0 heterocycles. The molecular weight excluding hydrogens is 392 g/mol. The fraction of sp³-hybridized carbons (Fsp3) is 0.600. The van der Waals surface area contributed by atoms with Crippen LogP contribution in [-0.2, 0) is 0 Å². The van der Waals surface area contributed by atoms with E-state index in [4.69, 9.17) is 0 Å². The maximum Gasteiger partial charge on any atom is 0.142 e. The van der Waals surface area contributed by atoms with Crippen LogP contribution in [0.3, 0.4) is 0 Å². The molecule has 2 nitrogen and oxygen atoms in total. The number of rotatable bonds is 13. The van der Waals surface area contributed by atoms with Gasteiger partial charge in [-0.2, -0.15) is 0 Å². The van der Waals surface area contributed by atoms with E-state index in [-0.39, 0.29) is 0 Å². The van der Waals surface area contributed by atoms with Crippen molar-refractivity contribution in [2.45, 2.75) is 111 Å². The molecule has 2 N–H and O–H groups in total. The lowest BCUT2D eigenvalue weighted by Crippen LogP contribution is -2.21. The fourth-order valence-corrected chi connectivity index (χ4v) is 3.10. The van der Waals surface area contributed by atoms with Gasteiger partial charge in [0.1, 0.15) is 11.2 Å². The number of aliphatic hydroxyl groups is 2. The molecule has 0 fully saturated rings. The molecule has 0 aromatic carbocycles. The first-order chi connectivity index (χ1) is 14.8. The molecule has 0 saturated heterocycles. The van der Waals surface area contributed by atoms with Crippen LogP contribution < -0.4 is 0 Å². The summed E-state index contributed by atoms with van der Waals surface area (Å²) in [7, 11) is 0. The smallest absolute Gasteiger partial charge is 0.142 e. The fourth-order valence-electron chi connectivity index (χ4n) is 3.10. The van der Waals surface area contributed by atoms with Crippen LogP contribution in [-0.4, -0.2) is 21.4 Å². The van der Waals surface area contributed by atoms with Gasteiger partial charge in [0.25, 0.3) is 0 Å². The van der Waals surface area contributed by atoms with Gasteiger partial charge < -0.3 is 10.2 Å². The van der Waals surface area contributed by atoms with Gasteiger partial charge in [-0.1, -0.05) is 53.7 Å². The van der Waals surface area contributed by atoms with Gasteiger partial charge >= 0.3 is 0 Å². The highest BCUT2D eigenvalue weighted by molar-refractivity contribution is 5.34. The SMILES string of the molecule is C=C(C)CCC/C(C)=C/CCC(C)(O)C#CC#CC(C)(O)/C=C/CC(C)CCC=C(C)C. The summed E-state index contributed by atoms with van der Waals surface area (Å²) in [5.41, 5.74) is 1.60. The van der Waals surface area contributed by atoms with Gasteiger partial charge in [0.15, 0.2) is 0 Å². The van der Waals surface area contributed by atoms with E-state index >= 15 is 0 Å². The van der Waals surface area contributed by atoms with Crippen LogP contribution in [0.1, 0.15) is 99.8 Å². The Hall–Kier alpha value is -2.00. The van der Waals surface area contributed by atoms with Crippen LogP contribution in [0.2, 0.25) is 0 Å². The van der Waals surface area contributed by atoms with E-state index < -0.39 is 11.2 Å². The Bertz CT molecular complexity index is 778. The summed E-state index contributed by atoms with van der Waals surface area (Å²) in [6, 6.07) is 0. The lowest BCUT2D eigenvalue weighted by molar-refractivity contribution is 0.113. The summed E-state index contributed by atoms with van der Waals surface area (Å²) < 4.78 is 0. The lowest BCUT2D eigenvalue weighted by atomic mass is 9.98. The Morgan fingerprint density at radius 3 is 2.25 bits per heavy atom. The van der Waals surface area contributed by atoms with E-state index in [1.165, 1.54) is 16.7 Å². The second kappa shape index (κ2) is 15.7. The van der Waals surface area contributed by atoms with Gasteiger partial charge in [-0.25, -0.2) is 0 Å². The van der Waals surface area contributed by atoms with Crippen LogP contribution in [0, 0.1) is 29.6 Å². The molecule has 0 rings (SSSR count). The van der Waals surface area contributed by atoms with E-state index in [1.54, 1.807) is 19.9 Å². The Morgan fingerprint density at radius 1 is 0.969 bits per heavy atom. The molecule has 0 spiro atoms. The van der Waals surface area contributed by atoms with Gasteiger partial charge in [-0.05, 0) is 117 Å². The Morgan fingerprint density at radius 2 is 1.62 bits per heavy atom. The van der Waals surface area contributed by atoms with Crippen LogP contribution in [0.5, 0.6) is 0 Å². The average Bonchev–Trinajstić information content (AvgIpc) is 2.64. The second-order valence-corrected chi connectivity index (χ2v) is 9.92. The molecule has 0 aliphatic carbocycles. The molecule has 0 aromatic rings. The highest BCUT2D eigenvalue weighted by Gasteiger charge is 2.15. The maximum atomic E-state index is 10.5. The summed E-state index contributed by atoms with van der Waals surface area (Å²) in [5.74, 6) is 11.6. The normalized spacial score (nSPS) is 16.1. The molecule has 0 radical (unpaired) electrons. The van der Waals surface area contributed by atoms with Crippen LogP contribution >= 0.6 is 0 Å². The number of hydrogen-bond acceptors (Lipinski definition) is 2. The topological polar surface area (TPSA) is 40.5 Å². The van der Waals surface area contributed by atoms with E-state index in [1.807, 2.05) is 6.08 Å². The van der Waals surface area contributed by atoms with E-state index in [2.05, 4.69) is 77.0 Å². The van der Waals surface area contributed by atoms with Gasteiger partial charge in [-0.15, -0.1) is 6.58 Å². The van der Waals surface area contributed by atoms with Crippen molar-refractivity contribution in [3.63, 3.8) is 0 Å². The first-order valence-corrected chi connectivity index (χ1v) is 11.9. The monoisotopic (exact) mass is 438 g/mol. The second-order valence-electron chi connectivity index (χ2n) is 9.92. The van der Waals surface area contributed by atoms with Crippen LogP contribution in [0.15, 0.2) is 47.6 Å². The molecule has 178 valence electrons. The van der Waals surface area contributed by atoms with Gasteiger partial charge in [0.2, 0.25) is 0 Å². The summed E-state index contributed by atoms with van der Waals surface area (Å²) in [5, 5.41) is 20.9. The number of allylic oxidation sites excluding steroid dienone is 6. The quantitative estimate of drug-likeness (QED) is 0.234. The zero-order chi connectivity index (χ0) is 24.6. The van der Waals surface area contributed by atoms with Crippen molar-refractivity contribution in [3.8, 4) is 23.7 Å². The van der Waals surface area contributed by atoms with Crippen molar-refractivity contribution < 1.29 is 10.2 Å². The Balaban J connectivity index is 4.55. The third-order valence-electron chi connectivity index (χ3n) is 5.20. The number of hydrogen-bond donors (Lipinski definition) is 2. The van der Waals surface area contributed by atoms with Crippen molar-refractivity contribution in [2.75, 3.05) is 0 Å². The van der Waals surface area contributed by atoms with Gasteiger partial charge in [0, 0.05) is 0 Å². The third-order valence-corrected chi connectivity index (χ3v) is 5.20. The lowest BCUT2D eigenvalue weighted by Gasteiger charge is -2.14. The minimum absolute atomic E-state index is 0.556. The molecular formula is C30H46O2. The molecule has 0 saturated carbocycles. The minimum Gasteiger partial charge on any atom is -0.378 e. The Labute approximate surface area is 198 Å². The van der Waals surface area contributed by atoms with Gasteiger partial charge in [0.05, 0.1) is 0 Å². The first kappa shape index (κ1) is 30.0. The molecule has 2 heteroatoms. The molecule has 0 amide bonds. The summed E-state index contributed by atoms with van der Waals surface area (Å²) in [6.45, 7) is 17.9. The molecule has 0 aliphatic heterocycles. The zero-order valence-corrected chi connectivity index (χ0v) is 21.6. The zero-order valence-electron chi connectivity index (χ0n) is 21.6. The molecule has 0 aromatic heterocycles. The van der Waals surface area contributed by atoms with Crippen molar-refractivity contribution >= 4 is 0 Å². The van der Waals surface area contributed by atoms with Crippen LogP contribution in [0.4, 0.5) is 0 Å². The molecule has 3 unspecified atom stereocenters. The Kier molecular flexibility index (Phi) is 14.8. The maximum absolute atomic E-state index is 10.5. The van der Waals surface area contributed by atoms with E-state index in [9.17, 15) is 10.2 Å². The summed E-state index contributed by atoms with van der Waals surface area (Å²) >= 11 is 0. The summed E-state index contributed by atoms with van der Waals surface area (Å²) in [4.78, 5) is 0. The van der Waals surface area contributed by atoms with Gasteiger partial charge in [-0.3, -0.25) is 0 Å². The van der Waals surface area contributed by atoms with E-state index in [0.29, 0.717) is 12.3 Å². The van der Waals surface area contributed by atoms with Crippen LogP contribution in [0.25, 0.3) is 0 Å². The summed E-state index contributed by atoms with van der Waals surface area (Å²) in [6.07, 6.45) is 15.9. The molecule has 3 atom stereocenters. The highest BCUT2D eigenvalue weighted by Crippen LogP contribution is 2.16. The highest BCUT2D eigenvalue weighted by atomic mass is 16.3. The minimum atomic E-state index is -1.22. The van der Waals surface area contributed by atoms with Crippen molar-refractivity contribution in [1.29, 1.82) is 0 Å². The molecule has 0 aliphatic rings. The standard InChI is InChI=1S/C30H46O2/c1-25(2)15-11-17-27(5)19-13-23-29(7,31)21-9-10-22-30(8,32)24-14-20-28(6)18-12-16-26(3)4/h14,16,19,24,28,31-32H,1,11-13,15,17-18,20,23H2,2-8H3/b24-14+,27-19+. The predicted molar refractivity (Wildman–Crippen MR) is 140 cm³/mol. The van der Waals surface area contributed by atoms with Crippen molar-refractivity contribution in [2.24, 2.45) is 5.92 Å². The van der Waals surface area contributed by atoms with E-state index in [0.717, 1.165) is 44.9 Å². The third kappa shape index (κ3) is 18.7. The van der Waals surface area contributed by atoms with Crippen molar-refractivity contribution in [3.05, 3.63) is 47.6 Å².